The summed E-state index contributed by atoms with van der Waals surface area (Å²) >= 11 is 0. The van der Waals surface area contributed by atoms with Crippen LogP contribution in [0.2, 0.25) is 0 Å². The number of esters is 1. The molecule has 3 aliphatic rings. The zero-order valence-corrected chi connectivity index (χ0v) is 10.4. The fraction of sp³-hybridized carbons (Fsp3) is 0.667. The van der Waals surface area contributed by atoms with E-state index < -0.39 is 0 Å². The molecule has 2 saturated carbocycles. The zero-order chi connectivity index (χ0) is 12.2. The smallest absolute Gasteiger partial charge is 0.334 e. The van der Waals surface area contributed by atoms with E-state index in [4.69, 9.17) is 4.74 Å². The molecule has 0 aromatic carbocycles. The van der Waals surface area contributed by atoms with E-state index in [0.29, 0.717) is 23.3 Å². The van der Waals surface area contributed by atoms with E-state index in [1.165, 1.54) is 12.8 Å². The predicted octanol–water partition coefficient (Wildman–Crippen LogP) is 3.10. The van der Waals surface area contributed by atoms with Crippen LogP contribution < -0.4 is 0 Å². The molecule has 1 heterocycles. The van der Waals surface area contributed by atoms with Gasteiger partial charge in [0.1, 0.15) is 6.10 Å². The molecule has 2 aliphatic carbocycles. The van der Waals surface area contributed by atoms with Crippen LogP contribution in [0, 0.1) is 23.7 Å². The highest BCUT2D eigenvalue weighted by Crippen LogP contribution is 2.53. The van der Waals surface area contributed by atoms with Crippen LogP contribution in [0.3, 0.4) is 0 Å². The monoisotopic (exact) mass is 232 g/mol. The average Bonchev–Trinajstić information content (AvgIpc) is 2.31. The Morgan fingerprint density at radius 3 is 2.76 bits per heavy atom. The summed E-state index contributed by atoms with van der Waals surface area (Å²) in [6.45, 7) is 10.4. The SMILES string of the molecule is C=C1CC[C@@H]2[C@@H]3[C@@H]1OC(=O)C(=C)[C@@H]3CC[C@H]2C. The minimum absolute atomic E-state index is 0.0282. The first kappa shape index (κ1) is 11.1. The van der Waals surface area contributed by atoms with Crippen molar-refractivity contribution in [2.24, 2.45) is 23.7 Å². The van der Waals surface area contributed by atoms with Crippen molar-refractivity contribution in [1.29, 1.82) is 0 Å². The summed E-state index contributed by atoms with van der Waals surface area (Å²) in [4.78, 5) is 11.8. The maximum Gasteiger partial charge on any atom is 0.334 e. The quantitative estimate of drug-likeness (QED) is 0.364. The molecule has 0 bridgehead atoms. The third-order valence-corrected chi connectivity index (χ3v) is 5.12. The van der Waals surface area contributed by atoms with Gasteiger partial charge < -0.3 is 4.74 Å². The first-order valence-electron chi connectivity index (χ1n) is 6.67. The van der Waals surface area contributed by atoms with Crippen molar-refractivity contribution in [3.8, 4) is 0 Å². The van der Waals surface area contributed by atoms with Crippen molar-refractivity contribution in [2.75, 3.05) is 0 Å². The van der Waals surface area contributed by atoms with Gasteiger partial charge in [0, 0.05) is 11.5 Å². The van der Waals surface area contributed by atoms with E-state index in [-0.39, 0.29) is 12.1 Å². The van der Waals surface area contributed by atoms with Gasteiger partial charge in [-0.2, -0.15) is 0 Å². The standard InChI is InChI=1S/C15H20O2/c1-8-4-7-12-10(3)15(16)17-14-9(2)5-6-11(8)13(12)14/h8,11-14H,2-7H2,1H3/t8-,11+,12+,13+,14-/m1/s1. The zero-order valence-electron chi connectivity index (χ0n) is 10.4. The van der Waals surface area contributed by atoms with Crippen molar-refractivity contribution < 1.29 is 9.53 Å². The third kappa shape index (κ3) is 1.50. The molecule has 0 unspecified atom stereocenters. The Morgan fingerprint density at radius 2 is 2.00 bits per heavy atom. The lowest BCUT2D eigenvalue weighted by atomic mass is 9.57. The Morgan fingerprint density at radius 1 is 1.24 bits per heavy atom. The van der Waals surface area contributed by atoms with E-state index in [9.17, 15) is 4.79 Å². The molecule has 0 aromatic rings. The van der Waals surface area contributed by atoms with Crippen LogP contribution in [0.5, 0.6) is 0 Å². The molecule has 3 fully saturated rings. The maximum atomic E-state index is 11.8. The van der Waals surface area contributed by atoms with Gasteiger partial charge in [0.2, 0.25) is 0 Å². The topological polar surface area (TPSA) is 26.3 Å². The number of carbonyl (C=O) groups is 1. The predicted molar refractivity (Wildman–Crippen MR) is 66.3 cm³/mol. The van der Waals surface area contributed by atoms with Gasteiger partial charge in [-0.15, -0.1) is 0 Å². The van der Waals surface area contributed by atoms with E-state index >= 15 is 0 Å². The summed E-state index contributed by atoms with van der Waals surface area (Å²) in [5.41, 5.74) is 1.82. The number of carbonyl (C=O) groups excluding carboxylic acids is 1. The summed E-state index contributed by atoms with van der Waals surface area (Å²) in [5.74, 6) is 2.06. The average molecular weight is 232 g/mol. The lowest BCUT2D eigenvalue weighted by Gasteiger charge is -2.51. The van der Waals surface area contributed by atoms with Gasteiger partial charge in [-0.3, -0.25) is 0 Å². The Bertz CT molecular complexity index is 394. The largest absolute Gasteiger partial charge is 0.454 e. The summed E-state index contributed by atoms with van der Waals surface area (Å²) in [5, 5.41) is 0. The van der Waals surface area contributed by atoms with Crippen molar-refractivity contribution in [1.82, 2.24) is 0 Å². The van der Waals surface area contributed by atoms with Crippen molar-refractivity contribution in [2.45, 2.75) is 38.7 Å². The molecule has 0 spiro atoms. The van der Waals surface area contributed by atoms with Gasteiger partial charge in [0.05, 0.1) is 0 Å². The molecule has 17 heavy (non-hydrogen) atoms. The Hall–Kier alpha value is -1.05. The van der Waals surface area contributed by atoms with Crippen LogP contribution in [0.4, 0.5) is 0 Å². The first-order valence-corrected chi connectivity index (χ1v) is 6.67. The number of hydrogen-bond donors (Lipinski definition) is 0. The van der Waals surface area contributed by atoms with Crippen LogP contribution in [-0.2, 0) is 9.53 Å². The highest BCUT2D eigenvalue weighted by atomic mass is 16.5. The fourth-order valence-electron chi connectivity index (χ4n) is 4.12. The van der Waals surface area contributed by atoms with Gasteiger partial charge in [-0.25, -0.2) is 4.79 Å². The van der Waals surface area contributed by atoms with Crippen LogP contribution in [-0.4, -0.2) is 12.1 Å². The Labute approximate surface area is 103 Å². The van der Waals surface area contributed by atoms with Gasteiger partial charge in [-0.1, -0.05) is 20.1 Å². The van der Waals surface area contributed by atoms with E-state index in [2.05, 4.69) is 20.1 Å². The van der Waals surface area contributed by atoms with Crippen LogP contribution in [0.15, 0.2) is 24.3 Å². The molecule has 0 radical (unpaired) electrons. The van der Waals surface area contributed by atoms with Gasteiger partial charge in [-0.05, 0) is 49.0 Å². The first-order chi connectivity index (χ1) is 8.09. The lowest BCUT2D eigenvalue weighted by Crippen LogP contribution is -2.51. The normalized spacial score (nSPS) is 45.2. The molecular weight excluding hydrogens is 212 g/mol. The summed E-state index contributed by atoms with van der Waals surface area (Å²) in [6, 6.07) is 0. The molecule has 1 aliphatic heterocycles. The minimum atomic E-state index is -0.187. The molecule has 2 nitrogen and oxygen atoms in total. The Balaban J connectivity index is 1.99. The summed E-state index contributed by atoms with van der Waals surface area (Å²) in [6.07, 6.45) is 4.52. The second-order valence-corrected chi connectivity index (χ2v) is 5.95. The molecule has 2 heteroatoms. The molecule has 92 valence electrons. The highest BCUT2D eigenvalue weighted by molar-refractivity contribution is 5.89. The molecule has 3 rings (SSSR count). The van der Waals surface area contributed by atoms with Crippen LogP contribution >= 0.6 is 0 Å². The molecule has 1 saturated heterocycles. The maximum absolute atomic E-state index is 11.8. The van der Waals surface area contributed by atoms with Gasteiger partial charge in [0.25, 0.3) is 0 Å². The van der Waals surface area contributed by atoms with Crippen molar-refractivity contribution in [3.63, 3.8) is 0 Å². The Kier molecular flexibility index (Phi) is 2.42. The van der Waals surface area contributed by atoms with E-state index in [0.717, 1.165) is 24.3 Å². The van der Waals surface area contributed by atoms with Crippen LogP contribution in [0.25, 0.3) is 0 Å². The van der Waals surface area contributed by atoms with Crippen molar-refractivity contribution in [3.05, 3.63) is 24.3 Å². The third-order valence-electron chi connectivity index (χ3n) is 5.12. The molecule has 5 atom stereocenters. The minimum Gasteiger partial charge on any atom is -0.454 e. The fourth-order valence-corrected chi connectivity index (χ4v) is 4.12. The second-order valence-electron chi connectivity index (χ2n) is 5.95. The van der Waals surface area contributed by atoms with E-state index in [1.54, 1.807) is 0 Å². The van der Waals surface area contributed by atoms with Crippen molar-refractivity contribution >= 4 is 5.97 Å². The molecule has 0 amide bonds. The summed E-state index contributed by atoms with van der Waals surface area (Å²) in [7, 11) is 0. The molecule has 0 N–H and O–H groups in total. The van der Waals surface area contributed by atoms with E-state index in [1.807, 2.05) is 0 Å². The highest BCUT2D eigenvalue weighted by Gasteiger charge is 2.51. The lowest BCUT2D eigenvalue weighted by molar-refractivity contribution is -0.159. The molecular formula is C15H20O2. The number of hydrogen-bond acceptors (Lipinski definition) is 2. The molecule has 0 aromatic heterocycles. The van der Waals surface area contributed by atoms with Gasteiger partial charge >= 0.3 is 5.97 Å². The van der Waals surface area contributed by atoms with Gasteiger partial charge in [0.15, 0.2) is 0 Å². The number of ether oxygens (including phenoxy) is 1. The van der Waals surface area contributed by atoms with Crippen LogP contribution in [0.1, 0.15) is 32.6 Å². The number of rotatable bonds is 0. The summed E-state index contributed by atoms with van der Waals surface area (Å²) < 4.78 is 5.56. The second kappa shape index (κ2) is 3.72.